The molecule has 1 atom stereocenters. The number of rotatable bonds is 7. The van der Waals surface area contributed by atoms with Gasteiger partial charge in [-0.3, -0.25) is 4.79 Å². The third-order valence-corrected chi connectivity index (χ3v) is 7.44. The van der Waals surface area contributed by atoms with Crippen molar-refractivity contribution >= 4 is 34.3 Å². The zero-order valence-electron chi connectivity index (χ0n) is 20.1. The van der Waals surface area contributed by atoms with Crippen LogP contribution in [0, 0.1) is 24.2 Å². The van der Waals surface area contributed by atoms with E-state index in [1.807, 2.05) is 37.3 Å². The second-order valence-electron chi connectivity index (χ2n) is 8.64. The van der Waals surface area contributed by atoms with Gasteiger partial charge in [0.25, 0.3) is 5.91 Å². The Balaban J connectivity index is 1.59. The summed E-state index contributed by atoms with van der Waals surface area (Å²) in [5.41, 5.74) is 3.33. The molecule has 0 radical (unpaired) electrons. The lowest BCUT2D eigenvalue weighted by Crippen LogP contribution is -2.17. The standard InChI is InChI=1S/C28H28N2O4S/c1-4-18-8-12-22-24(14-18)35-27(25(22)28(32)33-5-2)30-26(31)20(16-29)15-21-11-13-23(34-21)19-9-6-17(3)7-10-19/h6-7,9-11,13,15,18H,4-5,8,12,14H2,1-3H3,(H,30,31)/b20-15+. The molecule has 1 N–H and O–H groups in total. The van der Waals surface area contributed by atoms with Gasteiger partial charge in [0.2, 0.25) is 0 Å². The number of nitrogens with one attached hydrogen (secondary N) is 1. The Morgan fingerprint density at radius 1 is 1.23 bits per heavy atom. The number of esters is 1. The van der Waals surface area contributed by atoms with E-state index in [2.05, 4.69) is 12.2 Å². The van der Waals surface area contributed by atoms with Crippen molar-refractivity contribution in [3.05, 3.63) is 69.3 Å². The van der Waals surface area contributed by atoms with Gasteiger partial charge in [-0.25, -0.2) is 4.79 Å². The summed E-state index contributed by atoms with van der Waals surface area (Å²) in [6.07, 6.45) is 5.16. The van der Waals surface area contributed by atoms with Crippen LogP contribution in [0.1, 0.15) is 58.8 Å². The van der Waals surface area contributed by atoms with E-state index in [0.29, 0.717) is 28.0 Å². The third kappa shape index (κ3) is 5.39. The van der Waals surface area contributed by atoms with Crippen LogP contribution in [0.4, 0.5) is 5.00 Å². The molecule has 0 spiro atoms. The number of fused-ring (bicyclic) bond motifs is 1. The topological polar surface area (TPSA) is 92.3 Å². The number of hydrogen-bond acceptors (Lipinski definition) is 6. The lowest BCUT2D eigenvalue weighted by atomic mass is 9.85. The number of carbonyl (C=O) groups excluding carboxylic acids is 2. The van der Waals surface area contributed by atoms with E-state index >= 15 is 0 Å². The van der Waals surface area contributed by atoms with Crippen molar-refractivity contribution in [3.8, 4) is 17.4 Å². The van der Waals surface area contributed by atoms with Gasteiger partial charge in [-0.1, -0.05) is 43.2 Å². The Hall–Kier alpha value is -3.63. The van der Waals surface area contributed by atoms with Gasteiger partial charge in [-0.15, -0.1) is 11.3 Å². The minimum atomic E-state index is -0.586. The SMILES string of the molecule is CCOC(=O)c1c(NC(=O)/C(C#N)=C/c2ccc(-c3ccc(C)cc3)o2)sc2c1CCC(CC)C2. The highest BCUT2D eigenvalue weighted by atomic mass is 32.1. The largest absolute Gasteiger partial charge is 0.462 e. The Morgan fingerprint density at radius 3 is 2.69 bits per heavy atom. The normalized spacial score (nSPS) is 15.3. The number of furan rings is 1. The van der Waals surface area contributed by atoms with E-state index in [1.54, 1.807) is 19.1 Å². The summed E-state index contributed by atoms with van der Waals surface area (Å²) in [5.74, 6) is 0.587. The molecule has 7 heteroatoms. The fraction of sp³-hybridized carbons (Fsp3) is 0.321. The molecule has 3 aromatic rings. The maximum absolute atomic E-state index is 13.0. The van der Waals surface area contributed by atoms with E-state index in [-0.39, 0.29) is 12.2 Å². The van der Waals surface area contributed by atoms with E-state index in [4.69, 9.17) is 9.15 Å². The number of thiophene rings is 1. The summed E-state index contributed by atoms with van der Waals surface area (Å²) < 4.78 is 11.1. The molecule has 0 saturated heterocycles. The molecular formula is C28H28N2O4S. The number of benzene rings is 1. The molecule has 1 aliphatic carbocycles. The van der Waals surface area contributed by atoms with Crippen molar-refractivity contribution in [2.75, 3.05) is 11.9 Å². The molecule has 2 aromatic heterocycles. The van der Waals surface area contributed by atoms with Gasteiger partial charge in [0, 0.05) is 16.5 Å². The van der Waals surface area contributed by atoms with Crippen LogP contribution in [0.25, 0.3) is 17.4 Å². The van der Waals surface area contributed by atoms with Gasteiger partial charge in [0.1, 0.15) is 28.2 Å². The van der Waals surface area contributed by atoms with Crippen LogP contribution in [0.2, 0.25) is 0 Å². The van der Waals surface area contributed by atoms with Crippen molar-refractivity contribution in [2.45, 2.75) is 46.5 Å². The van der Waals surface area contributed by atoms with Crippen molar-refractivity contribution in [1.29, 1.82) is 5.26 Å². The fourth-order valence-electron chi connectivity index (χ4n) is 4.27. The van der Waals surface area contributed by atoms with Crippen molar-refractivity contribution in [3.63, 3.8) is 0 Å². The molecule has 0 saturated carbocycles. The molecule has 0 bridgehead atoms. The van der Waals surface area contributed by atoms with E-state index in [9.17, 15) is 14.9 Å². The Bertz CT molecular complexity index is 1310. The highest BCUT2D eigenvalue weighted by molar-refractivity contribution is 7.17. The first-order chi connectivity index (χ1) is 16.9. The van der Waals surface area contributed by atoms with Crippen LogP contribution in [0.3, 0.4) is 0 Å². The Kier molecular flexibility index (Phi) is 7.52. The molecule has 1 aromatic carbocycles. The maximum Gasteiger partial charge on any atom is 0.341 e. The van der Waals surface area contributed by atoms with E-state index in [0.717, 1.165) is 47.3 Å². The number of carbonyl (C=O) groups is 2. The Morgan fingerprint density at radius 2 is 2.00 bits per heavy atom. The minimum absolute atomic E-state index is 0.109. The van der Waals surface area contributed by atoms with Crippen LogP contribution in [-0.2, 0) is 22.4 Å². The number of anilines is 1. The minimum Gasteiger partial charge on any atom is -0.462 e. The lowest BCUT2D eigenvalue weighted by Gasteiger charge is -2.20. The number of ether oxygens (including phenoxy) is 1. The fourth-order valence-corrected chi connectivity index (χ4v) is 5.62. The summed E-state index contributed by atoms with van der Waals surface area (Å²) in [6.45, 7) is 6.19. The van der Waals surface area contributed by atoms with Crippen molar-refractivity contribution < 1.29 is 18.7 Å². The number of aryl methyl sites for hydroxylation is 1. The molecule has 2 heterocycles. The van der Waals surface area contributed by atoms with Crippen LogP contribution in [0.5, 0.6) is 0 Å². The van der Waals surface area contributed by atoms with Crippen LogP contribution < -0.4 is 5.32 Å². The second-order valence-corrected chi connectivity index (χ2v) is 9.74. The first-order valence-electron chi connectivity index (χ1n) is 11.8. The zero-order chi connectivity index (χ0) is 24.9. The van der Waals surface area contributed by atoms with Gasteiger partial charge in [0.15, 0.2) is 0 Å². The summed E-state index contributed by atoms with van der Waals surface area (Å²) in [7, 11) is 0. The first-order valence-corrected chi connectivity index (χ1v) is 12.7. The molecule has 0 aliphatic heterocycles. The van der Waals surface area contributed by atoms with Crippen LogP contribution in [-0.4, -0.2) is 18.5 Å². The number of amides is 1. The average Bonchev–Trinajstić information content (AvgIpc) is 3.46. The molecular weight excluding hydrogens is 460 g/mol. The lowest BCUT2D eigenvalue weighted by molar-refractivity contribution is -0.112. The molecule has 180 valence electrons. The molecule has 4 rings (SSSR count). The van der Waals surface area contributed by atoms with E-state index < -0.39 is 11.9 Å². The number of nitriles is 1. The average molecular weight is 489 g/mol. The highest BCUT2D eigenvalue weighted by Gasteiger charge is 2.30. The third-order valence-electron chi connectivity index (χ3n) is 6.27. The first kappa shape index (κ1) is 24.5. The van der Waals surface area contributed by atoms with Gasteiger partial charge in [-0.2, -0.15) is 5.26 Å². The van der Waals surface area contributed by atoms with Gasteiger partial charge < -0.3 is 14.5 Å². The highest BCUT2D eigenvalue weighted by Crippen LogP contribution is 2.41. The second kappa shape index (κ2) is 10.7. The van der Waals surface area contributed by atoms with Crippen molar-refractivity contribution in [1.82, 2.24) is 0 Å². The number of nitrogens with zero attached hydrogens (tertiary/aromatic N) is 1. The van der Waals surface area contributed by atoms with Crippen LogP contribution in [0.15, 0.2) is 46.4 Å². The molecule has 1 aliphatic rings. The molecule has 0 fully saturated rings. The predicted octanol–water partition coefficient (Wildman–Crippen LogP) is 6.55. The summed E-state index contributed by atoms with van der Waals surface area (Å²) in [4.78, 5) is 26.9. The predicted molar refractivity (Wildman–Crippen MR) is 137 cm³/mol. The smallest absolute Gasteiger partial charge is 0.341 e. The molecule has 1 unspecified atom stereocenters. The molecule has 6 nitrogen and oxygen atoms in total. The van der Waals surface area contributed by atoms with Gasteiger partial charge in [-0.05, 0) is 56.7 Å². The molecule has 35 heavy (non-hydrogen) atoms. The zero-order valence-corrected chi connectivity index (χ0v) is 21.0. The quantitative estimate of drug-likeness (QED) is 0.231. The van der Waals surface area contributed by atoms with Crippen molar-refractivity contribution in [2.24, 2.45) is 5.92 Å². The summed E-state index contributed by atoms with van der Waals surface area (Å²) in [5, 5.41) is 12.9. The van der Waals surface area contributed by atoms with E-state index in [1.165, 1.54) is 17.4 Å². The Labute approximate surface area is 209 Å². The molecule has 1 amide bonds. The monoisotopic (exact) mass is 488 g/mol. The maximum atomic E-state index is 13.0. The summed E-state index contributed by atoms with van der Waals surface area (Å²) >= 11 is 1.41. The van der Waals surface area contributed by atoms with Gasteiger partial charge in [0.05, 0.1) is 12.2 Å². The van der Waals surface area contributed by atoms with Crippen LogP contribution >= 0.6 is 11.3 Å². The van der Waals surface area contributed by atoms with Gasteiger partial charge >= 0.3 is 5.97 Å². The summed E-state index contributed by atoms with van der Waals surface area (Å²) in [6, 6.07) is 13.4. The number of hydrogen-bond donors (Lipinski definition) is 1.